The predicted molar refractivity (Wildman–Crippen MR) is 45.0 cm³/mol. The lowest BCUT2D eigenvalue weighted by molar-refractivity contribution is 0.109. The zero-order valence-electron chi connectivity index (χ0n) is 7.63. The molecule has 1 aromatic rings. The van der Waals surface area contributed by atoms with Gasteiger partial charge in [0.25, 0.3) is 0 Å². The van der Waals surface area contributed by atoms with Gasteiger partial charge < -0.3 is 4.42 Å². The molecular weight excluding hydrogens is 154 g/mol. The fraction of sp³-hybridized carbons (Fsp3) is 0.556. The summed E-state index contributed by atoms with van der Waals surface area (Å²) < 4.78 is 5.13. The fourth-order valence-electron chi connectivity index (χ4n) is 0.914. The average molecular weight is 167 g/mol. The number of hydrogen-bond donors (Lipinski definition) is 0. The Morgan fingerprint density at radius 3 is 2.67 bits per heavy atom. The van der Waals surface area contributed by atoms with Gasteiger partial charge >= 0.3 is 0 Å². The average Bonchev–Trinajstić information content (AvgIpc) is 2.32. The molecule has 0 aromatic carbocycles. The van der Waals surface area contributed by atoms with Crippen molar-refractivity contribution in [2.45, 2.75) is 27.2 Å². The summed E-state index contributed by atoms with van der Waals surface area (Å²) in [5.41, 5.74) is 0.144. The van der Waals surface area contributed by atoms with Crippen LogP contribution in [0.4, 0.5) is 0 Å². The second kappa shape index (κ2) is 3.09. The first-order valence-corrected chi connectivity index (χ1v) is 3.91. The van der Waals surface area contributed by atoms with Crippen LogP contribution in [0.5, 0.6) is 0 Å². The van der Waals surface area contributed by atoms with Crippen LogP contribution in [0, 0.1) is 5.41 Å². The molecule has 3 heteroatoms. The SMILES string of the molecule is CC(C)(C)Cc1ncc(C=O)o1. The number of oxazole rings is 1. The molecule has 0 unspecified atom stereocenters. The van der Waals surface area contributed by atoms with Gasteiger partial charge in [-0.2, -0.15) is 0 Å². The minimum absolute atomic E-state index is 0.144. The van der Waals surface area contributed by atoms with Crippen LogP contribution in [0.2, 0.25) is 0 Å². The second-order valence-electron chi connectivity index (χ2n) is 4.01. The molecule has 1 heterocycles. The summed E-state index contributed by atoms with van der Waals surface area (Å²) in [5, 5.41) is 0. The van der Waals surface area contributed by atoms with Crippen LogP contribution in [0.15, 0.2) is 10.6 Å². The van der Waals surface area contributed by atoms with Crippen molar-refractivity contribution in [3.8, 4) is 0 Å². The first-order valence-electron chi connectivity index (χ1n) is 3.91. The van der Waals surface area contributed by atoms with E-state index in [1.54, 1.807) is 0 Å². The lowest BCUT2D eigenvalue weighted by atomic mass is 9.92. The maximum Gasteiger partial charge on any atom is 0.195 e. The van der Waals surface area contributed by atoms with Crippen LogP contribution in [0.1, 0.15) is 37.2 Å². The maximum atomic E-state index is 10.3. The first kappa shape index (κ1) is 8.97. The molecule has 0 fully saturated rings. The van der Waals surface area contributed by atoms with Crippen molar-refractivity contribution < 1.29 is 9.21 Å². The van der Waals surface area contributed by atoms with Crippen molar-refractivity contribution in [2.24, 2.45) is 5.41 Å². The Balaban J connectivity index is 2.70. The summed E-state index contributed by atoms with van der Waals surface area (Å²) in [6, 6.07) is 0. The van der Waals surface area contributed by atoms with Crippen LogP contribution < -0.4 is 0 Å². The van der Waals surface area contributed by atoms with Crippen molar-refractivity contribution in [3.05, 3.63) is 17.8 Å². The summed E-state index contributed by atoms with van der Waals surface area (Å²) in [5.74, 6) is 0.929. The van der Waals surface area contributed by atoms with E-state index in [-0.39, 0.29) is 5.41 Å². The van der Waals surface area contributed by atoms with E-state index in [0.717, 1.165) is 6.42 Å². The Kier molecular flexibility index (Phi) is 2.31. The van der Waals surface area contributed by atoms with E-state index in [2.05, 4.69) is 25.8 Å². The van der Waals surface area contributed by atoms with E-state index in [9.17, 15) is 4.79 Å². The Morgan fingerprint density at radius 2 is 2.25 bits per heavy atom. The lowest BCUT2D eigenvalue weighted by Gasteiger charge is -2.14. The van der Waals surface area contributed by atoms with Crippen LogP contribution in [0.25, 0.3) is 0 Å². The molecule has 0 aliphatic heterocycles. The molecule has 0 atom stereocenters. The number of aromatic nitrogens is 1. The molecule has 0 amide bonds. The smallest absolute Gasteiger partial charge is 0.195 e. The van der Waals surface area contributed by atoms with Crippen molar-refractivity contribution in [2.75, 3.05) is 0 Å². The highest BCUT2D eigenvalue weighted by Gasteiger charge is 2.14. The summed E-state index contributed by atoms with van der Waals surface area (Å²) in [4.78, 5) is 14.2. The summed E-state index contributed by atoms with van der Waals surface area (Å²) in [6.07, 6.45) is 2.87. The highest BCUT2D eigenvalue weighted by Crippen LogP contribution is 2.19. The molecule has 1 rings (SSSR count). The minimum Gasteiger partial charge on any atom is -0.438 e. The zero-order chi connectivity index (χ0) is 9.19. The van der Waals surface area contributed by atoms with Crippen molar-refractivity contribution in [1.29, 1.82) is 0 Å². The third-order valence-corrected chi connectivity index (χ3v) is 1.37. The summed E-state index contributed by atoms with van der Waals surface area (Å²) >= 11 is 0. The fourth-order valence-corrected chi connectivity index (χ4v) is 0.914. The molecule has 0 saturated heterocycles. The second-order valence-corrected chi connectivity index (χ2v) is 4.01. The Bertz CT molecular complexity index is 270. The van der Waals surface area contributed by atoms with Crippen LogP contribution >= 0.6 is 0 Å². The standard InChI is InChI=1S/C9H13NO2/c1-9(2,3)4-8-10-5-7(6-11)12-8/h5-6H,4H2,1-3H3. The van der Waals surface area contributed by atoms with E-state index in [4.69, 9.17) is 4.42 Å². The minimum atomic E-state index is 0.144. The van der Waals surface area contributed by atoms with Crippen LogP contribution in [-0.4, -0.2) is 11.3 Å². The number of aldehydes is 1. The van der Waals surface area contributed by atoms with Gasteiger partial charge in [-0.05, 0) is 5.41 Å². The molecule has 1 aromatic heterocycles. The molecule has 0 saturated carbocycles. The number of carbonyl (C=O) groups excluding carboxylic acids is 1. The molecule has 3 nitrogen and oxygen atoms in total. The highest BCUT2D eigenvalue weighted by atomic mass is 16.4. The molecule has 0 spiro atoms. The maximum absolute atomic E-state index is 10.3. The number of nitrogens with zero attached hydrogens (tertiary/aromatic N) is 1. The van der Waals surface area contributed by atoms with Gasteiger partial charge in [0.2, 0.25) is 0 Å². The van der Waals surface area contributed by atoms with Gasteiger partial charge in [0.15, 0.2) is 17.9 Å². The zero-order valence-corrected chi connectivity index (χ0v) is 7.63. The summed E-state index contributed by atoms with van der Waals surface area (Å²) in [6.45, 7) is 6.29. The van der Waals surface area contributed by atoms with Crippen LogP contribution in [0.3, 0.4) is 0 Å². The third kappa shape index (κ3) is 2.49. The van der Waals surface area contributed by atoms with Gasteiger partial charge in [0.1, 0.15) is 0 Å². The van der Waals surface area contributed by atoms with Crippen molar-refractivity contribution in [1.82, 2.24) is 4.98 Å². The van der Waals surface area contributed by atoms with E-state index in [1.165, 1.54) is 6.20 Å². The van der Waals surface area contributed by atoms with Crippen LogP contribution in [-0.2, 0) is 6.42 Å². The highest BCUT2D eigenvalue weighted by molar-refractivity contribution is 5.69. The molecule has 0 bridgehead atoms. The lowest BCUT2D eigenvalue weighted by Crippen LogP contribution is -2.09. The quantitative estimate of drug-likeness (QED) is 0.633. The number of carbonyl (C=O) groups is 1. The Labute approximate surface area is 71.8 Å². The normalized spacial score (nSPS) is 11.6. The molecule has 0 aliphatic carbocycles. The van der Waals surface area contributed by atoms with Gasteiger partial charge in [0, 0.05) is 6.42 Å². The topological polar surface area (TPSA) is 43.1 Å². The molecule has 0 aliphatic rings. The Hall–Kier alpha value is -1.12. The summed E-state index contributed by atoms with van der Waals surface area (Å²) in [7, 11) is 0. The van der Waals surface area contributed by atoms with Gasteiger partial charge in [-0.3, -0.25) is 4.79 Å². The third-order valence-electron chi connectivity index (χ3n) is 1.37. The molecule has 0 N–H and O–H groups in total. The monoisotopic (exact) mass is 167 g/mol. The molecular formula is C9H13NO2. The van der Waals surface area contributed by atoms with E-state index in [0.29, 0.717) is 17.9 Å². The van der Waals surface area contributed by atoms with Gasteiger partial charge in [-0.1, -0.05) is 20.8 Å². The van der Waals surface area contributed by atoms with E-state index in [1.807, 2.05) is 0 Å². The van der Waals surface area contributed by atoms with Crippen molar-refractivity contribution >= 4 is 6.29 Å². The van der Waals surface area contributed by atoms with E-state index >= 15 is 0 Å². The largest absolute Gasteiger partial charge is 0.438 e. The molecule has 12 heavy (non-hydrogen) atoms. The van der Waals surface area contributed by atoms with Crippen molar-refractivity contribution in [3.63, 3.8) is 0 Å². The number of hydrogen-bond acceptors (Lipinski definition) is 3. The number of rotatable bonds is 2. The molecule has 66 valence electrons. The predicted octanol–water partition coefficient (Wildman–Crippen LogP) is 2.08. The van der Waals surface area contributed by atoms with Gasteiger partial charge in [-0.25, -0.2) is 4.98 Å². The van der Waals surface area contributed by atoms with Gasteiger partial charge in [0.05, 0.1) is 6.20 Å². The molecule has 0 radical (unpaired) electrons. The van der Waals surface area contributed by atoms with E-state index < -0.39 is 0 Å². The van der Waals surface area contributed by atoms with Gasteiger partial charge in [-0.15, -0.1) is 0 Å². The Morgan fingerprint density at radius 1 is 1.58 bits per heavy atom. The first-order chi connectivity index (χ1) is 5.51.